The van der Waals surface area contributed by atoms with Gasteiger partial charge in [0.05, 0.1) is 5.54 Å². The summed E-state index contributed by atoms with van der Waals surface area (Å²) in [6.07, 6.45) is -2.29. The lowest BCUT2D eigenvalue weighted by Gasteiger charge is -2.34. The van der Waals surface area contributed by atoms with E-state index in [0.717, 1.165) is 12.0 Å². The summed E-state index contributed by atoms with van der Waals surface area (Å²) in [7, 11) is 0. The van der Waals surface area contributed by atoms with Crippen LogP contribution >= 0.6 is 12.4 Å². The molecule has 1 unspecified atom stereocenters. The van der Waals surface area contributed by atoms with Crippen molar-refractivity contribution in [1.29, 1.82) is 0 Å². The first kappa shape index (κ1) is 20.1. The summed E-state index contributed by atoms with van der Waals surface area (Å²) in [5.41, 5.74) is 4.25. The Morgan fingerprint density at radius 1 is 1.15 bits per heavy atom. The van der Waals surface area contributed by atoms with Crippen LogP contribution in [0.5, 0.6) is 0 Å². The largest absolute Gasteiger partial charge is 0.404 e. The van der Waals surface area contributed by atoms with Gasteiger partial charge in [0.15, 0.2) is 11.2 Å². The van der Waals surface area contributed by atoms with E-state index >= 15 is 0 Å². The highest BCUT2D eigenvalue weighted by molar-refractivity contribution is 5.85. The third-order valence-electron chi connectivity index (χ3n) is 5.67. The minimum Gasteiger partial charge on any atom is -0.338 e. The van der Waals surface area contributed by atoms with Crippen molar-refractivity contribution in [1.82, 2.24) is 15.0 Å². The van der Waals surface area contributed by atoms with Crippen molar-refractivity contribution < 1.29 is 17.7 Å². The van der Waals surface area contributed by atoms with Crippen molar-refractivity contribution in [3.05, 3.63) is 47.6 Å². The molecule has 1 saturated heterocycles. The molecule has 4 rings (SSSR count). The summed E-state index contributed by atoms with van der Waals surface area (Å²) in [6, 6.07) is 9.47. The normalized spacial score (nSPS) is 25.0. The summed E-state index contributed by atoms with van der Waals surface area (Å²) in [5, 5.41) is 3.79. The number of hydrogen-bond acceptors (Lipinski definition) is 5. The molecule has 1 saturated carbocycles. The molecule has 2 fully saturated rings. The summed E-state index contributed by atoms with van der Waals surface area (Å²) in [5.74, 6) is -0.156. The van der Waals surface area contributed by atoms with E-state index in [4.69, 9.17) is 10.3 Å². The van der Waals surface area contributed by atoms with Gasteiger partial charge in [-0.2, -0.15) is 18.2 Å². The molecular weight excluding hydrogens is 381 g/mol. The zero-order valence-corrected chi connectivity index (χ0v) is 15.5. The number of rotatable bonds is 4. The van der Waals surface area contributed by atoms with Crippen LogP contribution in [0, 0.1) is 0 Å². The van der Waals surface area contributed by atoms with E-state index in [0.29, 0.717) is 25.9 Å². The number of benzene rings is 1. The SMILES string of the molecule is Cl.NC1(c2noc(C3(C(F)(F)F)CCN(Cc4ccccc4)C3)n2)CCC1. The van der Waals surface area contributed by atoms with Crippen LogP contribution in [-0.4, -0.2) is 34.3 Å². The molecule has 0 bridgehead atoms. The van der Waals surface area contributed by atoms with Crippen LogP contribution < -0.4 is 5.73 Å². The third kappa shape index (κ3) is 3.46. The molecular formula is C18H22ClF3N4O. The molecule has 1 atom stereocenters. The van der Waals surface area contributed by atoms with Crippen LogP contribution in [-0.2, 0) is 17.5 Å². The van der Waals surface area contributed by atoms with Gasteiger partial charge in [0.25, 0.3) is 0 Å². The first-order valence-corrected chi connectivity index (χ1v) is 8.79. The zero-order valence-electron chi connectivity index (χ0n) is 14.7. The number of likely N-dealkylation sites (tertiary alicyclic amines) is 1. The number of nitrogens with two attached hydrogens (primary N) is 1. The molecule has 0 radical (unpaired) electrons. The second-order valence-corrected chi connectivity index (χ2v) is 7.46. The summed E-state index contributed by atoms with van der Waals surface area (Å²) in [4.78, 5) is 5.90. The van der Waals surface area contributed by atoms with Crippen LogP contribution in [0.2, 0.25) is 0 Å². The van der Waals surface area contributed by atoms with E-state index in [1.165, 1.54) is 0 Å². The van der Waals surface area contributed by atoms with Crippen LogP contribution in [0.1, 0.15) is 43.0 Å². The van der Waals surface area contributed by atoms with E-state index < -0.39 is 17.1 Å². The maximum Gasteiger partial charge on any atom is 0.404 e. The van der Waals surface area contributed by atoms with E-state index in [1.807, 2.05) is 30.3 Å². The first-order chi connectivity index (χ1) is 12.3. The average molecular weight is 403 g/mol. The predicted molar refractivity (Wildman–Crippen MR) is 95.3 cm³/mol. The van der Waals surface area contributed by atoms with Gasteiger partial charge in [0.1, 0.15) is 0 Å². The molecule has 9 heteroatoms. The topological polar surface area (TPSA) is 68.2 Å². The molecule has 27 heavy (non-hydrogen) atoms. The van der Waals surface area contributed by atoms with Crippen LogP contribution in [0.3, 0.4) is 0 Å². The lowest BCUT2D eigenvalue weighted by molar-refractivity contribution is -0.193. The molecule has 2 aliphatic rings. The monoisotopic (exact) mass is 402 g/mol. The lowest BCUT2D eigenvalue weighted by atomic mass is 9.77. The van der Waals surface area contributed by atoms with Gasteiger partial charge in [-0.05, 0) is 37.8 Å². The second-order valence-electron chi connectivity index (χ2n) is 7.46. The highest BCUT2D eigenvalue weighted by atomic mass is 35.5. The molecule has 148 valence electrons. The molecule has 5 nitrogen and oxygen atoms in total. The van der Waals surface area contributed by atoms with E-state index in [1.54, 1.807) is 4.90 Å². The maximum absolute atomic E-state index is 14.0. The maximum atomic E-state index is 14.0. The van der Waals surface area contributed by atoms with Crippen LogP contribution in [0.25, 0.3) is 0 Å². The van der Waals surface area contributed by atoms with Gasteiger partial charge in [-0.3, -0.25) is 4.90 Å². The fraction of sp³-hybridized carbons (Fsp3) is 0.556. The Morgan fingerprint density at radius 2 is 1.85 bits per heavy atom. The van der Waals surface area contributed by atoms with Gasteiger partial charge < -0.3 is 10.3 Å². The van der Waals surface area contributed by atoms with Gasteiger partial charge in [0, 0.05) is 13.1 Å². The minimum atomic E-state index is -4.47. The van der Waals surface area contributed by atoms with Gasteiger partial charge in [0.2, 0.25) is 5.89 Å². The standard InChI is InChI=1S/C18H21F3N4O.ClH/c19-18(20,21)16(15-23-14(24-26-15)17(22)7-4-8-17)9-10-25(12-16)11-13-5-2-1-3-6-13;/h1-3,5-6H,4,7-12,22H2;1H. The Hall–Kier alpha value is -1.64. The number of alkyl halides is 3. The van der Waals surface area contributed by atoms with Gasteiger partial charge in [-0.15, -0.1) is 12.4 Å². The number of aromatic nitrogens is 2. The Labute approximate surface area is 161 Å². The Bertz CT molecular complexity index is 778. The van der Waals surface area contributed by atoms with Crippen molar-refractivity contribution in [2.45, 2.75) is 49.4 Å². The summed E-state index contributed by atoms with van der Waals surface area (Å²) in [6.45, 7) is 0.588. The number of nitrogens with zero attached hydrogens (tertiary/aromatic N) is 3. The highest BCUT2D eigenvalue weighted by Gasteiger charge is 2.63. The fourth-order valence-corrected chi connectivity index (χ4v) is 3.79. The molecule has 1 aliphatic carbocycles. The Kier molecular flexibility index (Phi) is 5.26. The van der Waals surface area contributed by atoms with Crippen LogP contribution in [0.15, 0.2) is 34.9 Å². The molecule has 0 amide bonds. The van der Waals surface area contributed by atoms with Crippen LogP contribution in [0.4, 0.5) is 13.2 Å². The van der Waals surface area contributed by atoms with Gasteiger partial charge in [-0.1, -0.05) is 35.5 Å². The average Bonchev–Trinajstić information content (AvgIpc) is 3.21. The van der Waals surface area contributed by atoms with E-state index in [-0.39, 0.29) is 37.1 Å². The molecule has 1 aromatic heterocycles. The molecule has 2 N–H and O–H groups in total. The summed E-state index contributed by atoms with van der Waals surface area (Å²) >= 11 is 0. The van der Waals surface area contributed by atoms with Crippen molar-refractivity contribution in [2.75, 3.05) is 13.1 Å². The number of hydrogen-bond donors (Lipinski definition) is 1. The molecule has 2 aromatic rings. The molecule has 2 heterocycles. The quantitative estimate of drug-likeness (QED) is 0.847. The van der Waals surface area contributed by atoms with E-state index in [9.17, 15) is 13.2 Å². The smallest absolute Gasteiger partial charge is 0.338 e. The lowest BCUT2D eigenvalue weighted by Crippen LogP contribution is -2.46. The third-order valence-corrected chi connectivity index (χ3v) is 5.67. The van der Waals surface area contributed by atoms with Gasteiger partial charge in [-0.25, -0.2) is 0 Å². The fourth-order valence-electron chi connectivity index (χ4n) is 3.79. The Morgan fingerprint density at radius 3 is 2.44 bits per heavy atom. The van der Waals surface area contributed by atoms with Gasteiger partial charge >= 0.3 is 6.18 Å². The van der Waals surface area contributed by atoms with E-state index in [2.05, 4.69) is 10.1 Å². The minimum absolute atomic E-state index is 0. The highest BCUT2D eigenvalue weighted by Crippen LogP contribution is 2.48. The second kappa shape index (κ2) is 7.07. The molecule has 1 aliphatic heterocycles. The van der Waals surface area contributed by atoms with Crippen molar-refractivity contribution in [2.24, 2.45) is 5.73 Å². The Balaban J connectivity index is 0.00000210. The number of halogens is 4. The molecule has 1 aromatic carbocycles. The van der Waals surface area contributed by atoms with Crippen molar-refractivity contribution >= 4 is 12.4 Å². The first-order valence-electron chi connectivity index (χ1n) is 8.79. The van der Waals surface area contributed by atoms with Crippen molar-refractivity contribution in [3.8, 4) is 0 Å². The molecule has 0 spiro atoms. The summed E-state index contributed by atoms with van der Waals surface area (Å²) < 4.78 is 47.2. The van der Waals surface area contributed by atoms with Crippen molar-refractivity contribution in [3.63, 3.8) is 0 Å². The zero-order chi connectivity index (χ0) is 18.4. The predicted octanol–water partition coefficient (Wildman–Crippen LogP) is 3.54.